The van der Waals surface area contributed by atoms with Crippen molar-refractivity contribution in [3.8, 4) is 12.3 Å². The van der Waals surface area contributed by atoms with Crippen LogP contribution in [0.25, 0.3) is 0 Å². The molecule has 0 aliphatic heterocycles. The van der Waals surface area contributed by atoms with E-state index in [1.807, 2.05) is 0 Å². The van der Waals surface area contributed by atoms with E-state index in [1.54, 1.807) is 0 Å². The predicted molar refractivity (Wildman–Crippen MR) is 63.7 cm³/mol. The lowest BCUT2D eigenvalue weighted by atomic mass is 10.7. The minimum Gasteiger partial charge on any atom is -0.206 e. The van der Waals surface area contributed by atoms with Gasteiger partial charge in [-0.15, -0.1) is 17.8 Å². The molecule has 0 saturated heterocycles. The van der Waals surface area contributed by atoms with Crippen molar-refractivity contribution in [3.63, 3.8) is 0 Å². The van der Waals surface area contributed by atoms with Crippen molar-refractivity contribution in [2.45, 2.75) is 4.21 Å². The fourth-order valence-electron chi connectivity index (χ4n) is 0.667. The molecular weight excluding hydrogens is 354 g/mol. The second kappa shape index (κ2) is 4.77. The first kappa shape index (κ1) is 12.2. The van der Waals surface area contributed by atoms with E-state index in [9.17, 15) is 8.42 Å². The summed E-state index contributed by atoms with van der Waals surface area (Å²) in [5, 5.41) is 0. The minimum atomic E-state index is -3.46. The van der Waals surface area contributed by atoms with E-state index in [1.165, 1.54) is 6.07 Å². The molecule has 0 unspecified atom stereocenters. The highest BCUT2D eigenvalue weighted by molar-refractivity contribution is 9.13. The van der Waals surface area contributed by atoms with Crippen LogP contribution >= 0.6 is 43.2 Å². The molecule has 1 aromatic rings. The molecule has 0 fully saturated rings. The molecule has 0 saturated carbocycles. The summed E-state index contributed by atoms with van der Waals surface area (Å²) in [4.78, 5) is 0. The first-order valence-electron chi connectivity index (χ1n) is 3.35. The van der Waals surface area contributed by atoms with E-state index < -0.39 is 10.0 Å². The van der Waals surface area contributed by atoms with Crippen molar-refractivity contribution in [1.82, 2.24) is 4.72 Å². The van der Waals surface area contributed by atoms with Crippen molar-refractivity contribution < 1.29 is 8.42 Å². The van der Waals surface area contributed by atoms with Gasteiger partial charge in [0.25, 0.3) is 10.0 Å². The van der Waals surface area contributed by atoms with Gasteiger partial charge in [-0.25, -0.2) is 8.42 Å². The number of hydrogen-bond donors (Lipinski definition) is 1. The Bertz CT molecular complexity index is 453. The van der Waals surface area contributed by atoms with Gasteiger partial charge in [0.15, 0.2) is 0 Å². The zero-order valence-electron chi connectivity index (χ0n) is 6.75. The molecular formula is C7H5Br2NO2S2. The first-order chi connectivity index (χ1) is 6.47. The number of hydrogen-bond acceptors (Lipinski definition) is 3. The number of nitrogens with one attached hydrogen (secondary N) is 1. The summed E-state index contributed by atoms with van der Waals surface area (Å²) in [5.41, 5.74) is 0. The average Bonchev–Trinajstić information content (AvgIpc) is 2.45. The van der Waals surface area contributed by atoms with E-state index in [0.717, 1.165) is 15.1 Å². The maximum absolute atomic E-state index is 11.5. The fourth-order valence-corrected chi connectivity index (χ4v) is 4.46. The smallest absolute Gasteiger partial charge is 0.206 e. The Morgan fingerprint density at radius 3 is 2.64 bits per heavy atom. The summed E-state index contributed by atoms with van der Waals surface area (Å²) in [5.74, 6) is 2.21. The zero-order valence-corrected chi connectivity index (χ0v) is 11.6. The second-order valence-electron chi connectivity index (χ2n) is 2.22. The maximum Gasteiger partial charge on any atom is 0.250 e. The van der Waals surface area contributed by atoms with Crippen LogP contribution in [0.4, 0.5) is 0 Å². The van der Waals surface area contributed by atoms with Gasteiger partial charge in [-0.3, -0.25) is 0 Å². The summed E-state index contributed by atoms with van der Waals surface area (Å²) in [6.45, 7) is -0.00449. The molecule has 0 aliphatic rings. The van der Waals surface area contributed by atoms with Crippen molar-refractivity contribution >= 4 is 53.2 Å². The Morgan fingerprint density at radius 1 is 1.57 bits per heavy atom. The van der Waals surface area contributed by atoms with Crippen LogP contribution in [0.1, 0.15) is 0 Å². The number of sulfonamides is 1. The third-order valence-corrected chi connectivity index (χ3v) is 6.38. The summed E-state index contributed by atoms with van der Waals surface area (Å²) in [6, 6.07) is 1.52. The summed E-state index contributed by atoms with van der Waals surface area (Å²) < 4.78 is 27.0. The molecule has 0 amide bonds. The molecule has 0 spiro atoms. The van der Waals surface area contributed by atoms with Gasteiger partial charge < -0.3 is 0 Å². The predicted octanol–water partition coefficient (Wildman–Crippen LogP) is 2.18. The molecule has 0 atom stereocenters. The molecule has 1 N–H and O–H groups in total. The molecule has 1 rings (SSSR count). The Hall–Kier alpha value is 0.130. The number of halogens is 2. The lowest BCUT2D eigenvalue weighted by molar-refractivity contribution is 0.588. The molecule has 1 heterocycles. The normalized spacial score (nSPS) is 11.2. The Labute approximate surface area is 103 Å². The van der Waals surface area contributed by atoms with Crippen LogP contribution < -0.4 is 4.72 Å². The largest absolute Gasteiger partial charge is 0.250 e. The Balaban J connectivity index is 3.00. The third-order valence-electron chi connectivity index (χ3n) is 1.25. The van der Waals surface area contributed by atoms with Gasteiger partial charge in [0.1, 0.15) is 4.21 Å². The maximum atomic E-state index is 11.5. The van der Waals surface area contributed by atoms with Gasteiger partial charge in [-0.05, 0) is 37.9 Å². The topological polar surface area (TPSA) is 46.2 Å². The minimum absolute atomic E-state index is 0.00449. The molecule has 7 heteroatoms. The van der Waals surface area contributed by atoms with E-state index in [2.05, 4.69) is 42.5 Å². The van der Waals surface area contributed by atoms with Gasteiger partial charge in [-0.1, -0.05) is 5.92 Å². The molecule has 76 valence electrons. The second-order valence-corrected chi connectivity index (χ2v) is 7.43. The molecule has 1 aromatic heterocycles. The van der Waals surface area contributed by atoms with Crippen LogP contribution in [0.15, 0.2) is 18.5 Å². The number of rotatable bonds is 3. The standard InChI is InChI=1S/C7H5Br2NO2S2/c1-2-3-10-14(11,12)6-4-5(8)7(9)13-6/h1,4,10H,3H2. The number of thiophene rings is 1. The van der Waals surface area contributed by atoms with Gasteiger partial charge in [0.05, 0.1) is 10.3 Å². The monoisotopic (exact) mass is 357 g/mol. The van der Waals surface area contributed by atoms with Gasteiger partial charge in [-0.2, -0.15) is 4.72 Å². The van der Waals surface area contributed by atoms with Crippen LogP contribution in [-0.2, 0) is 10.0 Å². The number of terminal acetylenes is 1. The van der Waals surface area contributed by atoms with E-state index in [-0.39, 0.29) is 10.8 Å². The van der Waals surface area contributed by atoms with Gasteiger partial charge >= 0.3 is 0 Å². The van der Waals surface area contributed by atoms with Gasteiger partial charge in [0, 0.05) is 4.47 Å². The van der Waals surface area contributed by atoms with Crippen LogP contribution in [0.2, 0.25) is 0 Å². The summed E-state index contributed by atoms with van der Waals surface area (Å²) in [6.07, 6.45) is 4.96. The molecule has 14 heavy (non-hydrogen) atoms. The Kier molecular flexibility index (Phi) is 4.15. The van der Waals surface area contributed by atoms with Crippen LogP contribution in [0.3, 0.4) is 0 Å². The molecule has 0 bridgehead atoms. The van der Waals surface area contributed by atoms with E-state index in [0.29, 0.717) is 4.47 Å². The van der Waals surface area contributed by atoms with Crippen molar-refractivity contribution in [2.75, 3.05) is 6.54 Å². The summed E-state index contributed by atoms with van der Waals surface area (Å²) in [7, 11) is -3.46. The van der Waals surface area contributed by atoms with Crippen LogP contribution in [-0.4, -0.2) is 15.0 Å². The first-order valence-corrected chi connectivity index (χ1v) is 7.24. The molecule has 0 aromatic carbocycles. The highest BCUT2D eigenvalue weighted by atomic mass is 79.9. The quantitative estimate of drug-likeness (QED) is 0.842. The highest BCUT2D eigenvalue weighted by Crippen LogP contribution is 2.34. The van der Waals surface area contributed by atoms with Crippen molar-refractivity contribution in [2.24, 2.45) is 0 Å². The van der Waals surface area contributed by atoms with Gasteiger partial charge in [0.2, 0.25) is 0 Å². The lowest BCUT2D eigenvalue weighted by Crippen LogP contribution is -2.22. The molecule has 0 aliphatic carbocycles. The molecule has 0 radical (unpaired) electrons. The summed E-state index contributed by atoms with van der Waals surface area (Å²) >= 11 is 7.55. The SMILES string of the molecule is C#CCNS(=O)(=O)c1cc(Br)c(Br)s1. The average molecular weight is 359 g/mol. The van der Waals surface area contributed by atoms with E-state index >= 15 is 0 Å². The lowest BCUT2D eigenvalue weighted by Gasteiger charge is -1.98. The van der Waals surface area contributed by atoms with Crippen LogP contribution in [0, 0.1) is 12.3 Å². The highest BCUT2D eigenvalue weighted by Gasteiger charge is 2.17. The fraction of sp³-hybridized carbons (Fsp3) is 0.143. The molecule has 3 nitrogen and oxygen atoms in total. The van der Waals surface area contributed by atoms with E-state index in [4.69, 9.17) is 6.42 Å². The Morgan fingerprint density at radius 2 is 2.21 bits per heavy atom. The van der Waals surface area contributed by atoms with Crippen LogP contribution in [0.5, 0.6) is 0 Å². The van der Waals surface area contributed by atoms with Crippen molar-refractivity contribution in [3.05, 3.63) is 14.3 Å². The zero-order chi connectivity index (χ0) is 10.8. The third kappa shape index (κ3) is 2.81. The van der Waals surface area contributed by atoms with Crippen molar-refractivity contribution in [1.29, 1.82) is 0 Å².